The molecular weight excluding hydrogens is 383 g/mol. The number of hydrogen-bond acceptors (Lipinski definition) is 5. The average Bonchev–Trinajstić information content (AvgIpc) is 3.33. The molecule has 7 heteroatoms. The summed E-state index contributed by atoms with van der Waals surface area (Å²) in [5.41, 5.74) is 2.02. The van der Waals surface area contributed by atoms with Gasteiger partial charge in [-0.3, -0.25) is 14.7 Å². The van der Waals surface area contributed by atoms with Crippen molar-refractivity contribution in [2.24, 2.45) is 0 Å². The number of halogens is 1. The first-order chi connectivity index (χ1) is 14.7. The zero-order valence-electron chi connectivity index (χ0n) is 17.2. The number of hydrogen-bond donors (Lipinski definition) is 1. The third kappa shape index (κ3) is 5.41. The van der Waals surface area contributed by atoms with Crippen LogP contribution >= 0.6 is 0 Å². The van der Waals surface area contributed by atoms with E-state index in [4.69, 9.17) is 4.74 Å². The molecule has 0 aliphatic carbocycles. The van der Waals surface area contributed by atoms with Crippen LogP contribution in [0.5, 0.6) is 0 Å². The van der Waals surface area contributed by atoms with E-state index in [9.17, 15) is 9.18 Å². The van der Waals surface area contributed by atoms with E-state index in [2.05, 4.69) is 15.2 Å². The lowest BCUT2D eigenvalue weighted by Crippen LogP contribution is -2.52. The molecule has 0 spiro atoms. The van der Waals surface area contributed by atoms with Gasteiger partial charge in [-0.25, -0.2) is 4.39 Å². The molecule has 0 bridgehead atoms. The fourth-order valence-electron chi connectivity index (χ4n) is 4.10. The molecule has 2 saturated heterocycles. The quantitative estimate of drug-likeness (QED) is 0.757. The van der Waals surface area contributed by atoms with Crippen molar-refractivity contribution >= 4 is 5.91 Å². The molecule has 30 heavy (non-hydrogen) atoms. The summed E-state index contributed by atoms with van der Waals surface area (Å²) < 4.78 is 19.0. The van der Waals surface area contributed by atoms with Crippen molar-refractivity contribution in [2.45, 2.75) is 31.5 Å². The molecule has 2 fully saturated rings. The molecule has 2 unspecified atom stereocenters. The number of pyridine rings is 1. The summed E-state index contributed by atoms with van der Waals surface area (Å²) in [7, 11) is 0. The molecule has 2 atom stereocenters. The number of nitrogens with one attached hydrogen (secondary N) is 1. The van der Waals surface area contributed by atoms with Crippen LogP contribution in [0.3, 0.4) is 0 Å². The second-order valence-electron chi connectivity index (χ2n) is 7.93. The summed E-state index contributed by atoms with van der Waals surface area (Å²) >= 11 is 0. The molecule has 1 amide bonds. The van der Waals surface area contributed by atoms with Gasteiger partial charge in [0.05, 0.1) is 5.69 Å². The van der Waals surface area contributed by atoms with Gasteiger partial charge in [0.15, 0.2) is 0 Å². The molecule has 2 aromatic rings. The Kier molecular flexibility index (Phi) is 7.04. The largest absolute Gasteiger partial charge is 0.368 e. The van der Waals surface area contributed by atoms with Crippen LogP contribution in [-0.4, -0.2) is 66.1 Å². The van der Waals surface area contributed by atoms with Gasteiger partial charge < -0.3 is 15.0 Å². The molecule has 1 N–H and O–H groups in total. The summed E-state index contributed by atoms with van der Waals surface area (Å²) in [5.74, 6) is -0.0982. The number of piperazine rings is 1. The van der Waals surface area contributed by atoms with Gasteiger partial charge in [-0.15, -0.1) is 0 Å². The Hall–Kier alpha value is -2.35. The molecule has 2 aliphatic heterocycles. The molecule has 6 nitrogen and oxygen atoms in total. The number of benzene rings is 1. The van der Waals surface area contributed by atoms with Gasteiger partial charge in [-0.1, -0.05) is 18.2 Å². The normalized spacial score (nSPS) is 21.0. The average molecular weight is 413 g/mol. The fraction of sp³-hybridized carbons (Fsp3) is 0.478. The van der Waals surface area contributed by atoms with Crippen LogP contribution in [-0.2, 0) is 16.1 Å². The van der Waals surface area contributed by atoms with Gasteiger partial charge in [0.2, 0.25) is 0 Å². The maximum Gasteiger partial charge on any atom is 0.251 e. The van der Waals surface area contributed by atoms with Crippen LogP contribution in [0.4, 0.5) is 4.39 Å². The smallest absolute Gasteiger partial charge is 0.251 e. The molecule has 0 saturated carbocycles. The molecule has 1 aromatic carbocycles. The van der Waals surface area contributed by atoms with E-state index in [-0.39, 0.29) is 23.9 Å². The Labute approximate surface area is 177 Å². The molecule has 4 rings (SSSR count). The summed E-state index contributed by atoms with van der Waals surface area (Å²) in [6.45, 7) is 5.20. The van der Waals surface area contributed by atoms with E-state index in [1.54, 1.807) is 6.20 Å². The van der Waals surface area contributed by atoms with Crippen LogP contribution in [0.1, 0.15) is 30.1 Å². The van der Waals surface area contributed by atoms with Crippen LogP contribution in [0.25, 0.3) is 0 Å². The minimum atomic E-state index is -0.247. The Morgan fingerprint density at radius 2 is 1.97 bits per heavy atom. The first kappa shape index (κ1) is 20.9. The van der Waals surface area contributed by atoms with Crippen molar-refractivity contribution in [1.29, 1.82) is 0 Å². The summed E-state index contributed by atoms with van der Waals surface area (Å²) in [4.78, 5) is 21.2. The fourth-order valence-corrected chi connectivity index (χ4v) is 4.10. The summed E-state index contributed by atoms with van der Waals surface area (Å²) in [5, 5.41) is 3.57. The molecular formula is C23H29FN4O2. The lowest BCUT2D eigenvalue weighted by Gasteiger charge is -2.37. The van der Waals surface area contributed by atoms with E-state index in [1.807, 2.05) is 35.2 Å². The highest BCUT2D eigenvalue weighted by atomic mass is 19.1. The predicted octanol–water partition coefficient (Wildman–Crippen LogP) is 2.37. The molecule has 3 heterocycles. The van der Waals surface area contributed by atoms with Gasteiger partial charge >= 0.3 is 0 Å². The topological polar surface area (TPSA) is 57.7 Å². The van der Waals surface area contributed by atoms with E-state index in [0.29, 0.717) is 13.2 Å². The third-order valence-corrected chi connectivity index (χ3v) is 5.86. The lowest BCUT2D eigenvalue weighted by atomic mass is 10.1. The second-order valence-corrected chi connectivity index (χ2v) is 7.93. The monoisotopic (exact) mass is 412 g/mol. The number of carbonyl (C=O) groups excluding carboxylic acids is 1. The zero-order valence-corrected chi connectivity index (χ0v) is 17.2. The van der Waals surface area contributed by atoms with Crippen molar-refractivity contribution in [3.63, 3.8) is 0 Å². The zero-order chi connectivity index (χ0) is 20.8. The maximum absolute atomic E-state index is 13.4. The molecule has 160 valence electrons. The van der Waals surface area contributed by atoms with E-state index < -0.39 is 0 Å². The minimum absolute atomic E-state index is 0.0491. The van der Waals surface area contributed by atoms with Gasteiger partial charge in [0.1, 0.15) is 11.9 Å². The Morgan fingerprint density at radius 1 is 1.17 bits per heavy atom. The minimum Gasteiger partial charge on any atom is -0.368 e. The van der Waals surface area contributed by atoms with Crippen LogP contribution in [0.2, 0.25) is 0 Å². The van der Waals surface area contributed by atoms with Crippen LogP contribution < -0.4 is 5.32 Å². The highest BCUT2D eigenvalue weighted by Crippen LogP contribution is 2.19. The summed E-state index contributed by atoms with van der Waals surface area (Å²) in [6, 6.07) is 12.6. The van der Waals surface area contributed by atoms with Gasteiger partial charge in [0.25, 0.3) is 5.91 Å². The van der Waals surface area contributed by atoms with Crippen LogP contribution in [0, 0.1) is 5.82 Å². The van der Waals surface area contributed by atoms with Crippen LogP contribution in [0.15, 0.2) is 48.7 Å². The Bertz CT molecular complexity index is 804. The Balaban J connectivity index is 1.35. The van der Waals surface area contributed by atoms with E-state index >= 15 is 0 Å². The van der Waals surface area contributed by atoms with Crippen molar-refractivity contribution in [1.82, 2.24) is 20.1 Å². The molecule has 2 aliphatic rings. The second kappa shape index (κ2) is 10.1. The van der Waals surface area contributed by atoms with Gasteiger partial charge in [-0.05, 0) is 42.7 Å². The standard InChI is InChI=1S/C23H29FN4O2/c24-19-8-6-18(7-9-19)21(26-16-20-4-1-2-10-25-20)17-27-11-13-28(14-12-27)23(29)22-5-3-15-30-22/h1-2,4,6-10,21-22,26H,3,5,11-17H2. The third-order valence-electron chi connectivity index (χ3n) is 5.86. The number of ether oxygens (including phenoxy) is 1. The van der Waals surface area contributed by atoms with Gasteiger partial charge in [-0.2, -0.15) is 0 Å². The number of amides is 1. The Morgan fingerprint density at radius 3 is 2.63 bits per heavy atom. The van der Waals surface area contributed by atoms with Gasteiger partial charge in [0, 0.05) is 58.1 Å². The van der Waals surface area contributed by atoms with Crippen molar-refractivity contribution in [3.05, 3.63) is 65.7 Å². The number of carbonyl (C=O) groups is 1. The molecule has 0 radical (unpaired) electrons. The number of nitrogens with zero attached hydrogens (tertiary/aromatic N) is 3. The SMILES string of the molecule is O=C(C1CCCO1)N1CCN(CC(NCc2ccccn2)c2ccc(F)cc2)CC1. The lowest BCUT2D eigenvalue weighted by molar-refractivity contribution is -0.142. The van der Waals surface area contributed by atoms with Crippen molar-refractivity contribution in [2.75, 3.05) is 39.3 Å². The van der Waals surface area contributed by atoms with Crippen molar-refractivity contribution < 1.29 is 13.9 Å². The number of rotatable bonds is 7. The van der Waals surface area contributed by atoms with E-state index in [0.717, 1.165) is 56.8 Å². The first-order valence-corrected chi connectivity index (χ1v) is 10.7. The highest BCUT2D eigenvalue weighted by molar-refractivity contribution is 5.81. The predicted molar refractivity (Wildman–Crippen MR) is 112 cm³/mol. The van der Waals surface area contributed by atoms with E-state index in [1.165, 1.54) is 12.1 Å². The first-order valence-electron chi connectivity index (χ1n) is 10.7. The highest BCUT2D eigenvalue weighted by Gasteiger charge is 2.30. The summed E-state index contributed by atoms with van der Waals surface area (Å²) in [6.07, 6.45) is 3.35. The molecule has 1 aromatic heterocycles. The maximum atomic E-state index is 13.4. The number of aromatic nitrogens is 1. The van der Waals surface area contributed by atoms with Crippen molar-refractivity contribution in [3.8, 4) is 0 Å².